The van der Waals surface area contributed by atoms with Gasteiger partial charge in [0.2, 0.25) is 0 Å². The lowest BCUT2D eigenvalue weighted by molar-refractivity contribution is 0.415. The largest absolute Gasteiger partial charge is 0.497 e. The lowest BCUT2D eigenvalue weighted by Gasteiger charge is -2.28. The van der Waals surface area contributed by atoms with Gasteiger partial charge in [-0.2, -0.15) is 0 Å². The van der Waals surface area contributed by atoms with E-state index in [-0.39, 0.29) is 0 Å². The van der Waals surface area contributed by atoms with Crippen LogP contribution in [-0.4, -0.2) is 35.2 Å². The predicted molar refractivity (Wildman–Crippen MR) is 129 cm³/mol. The minimum Gasteiger partial charge on any atom is -0.497 e. The number of nitrogens with zero attached hydrogens (tertiary/aromatic N) is 4. The van der Waals surface area contributed by atoms with E-state index in [0.717, 1.165) is 58.4 Å². The second-order valence-corrected chi connectivity index (χ2v) is 8.04. The summed E-state index contributed by atoms with van der Waals surface area (Å²) in [5.74, 6) is 2.58. The van der Waals surface area contributed by atoms with E-state index in [9.17, 15) is 0 Å². The Kier molecular flexibility index (Phi) is 5.79. The summed E-state index contributed by atoms with van der Waals surface area (Å²) in [6.07, 6.45) is 7.46. The maximum atomic E-state index is 5.29. The van der Waals surface area contributed by atoms with Crippen LogP contribution in [0.25, 0.3) is 33.8 Å². The Morgan fingerprint density at radius 3 is 2.22 bits per heavy atom. The van der Waals surface area contributed by atoms with Crippen molar-refractivity contribution in [1.29, 1.82) is 0 Å². The molecular weight excluding hydrogens is 396 g/mol. The van der Waals surface area contributed by atoms with E-state index in [0.29, 0.717) is 0 Å². The van der Waals surface area contributed by atoms with Gasteiger partial charge in [-0.25, -0.2) is 9.97 Å². The Labute approximate surface area is 188 Å². The van der Waals surface area contributed by atoms with Crippen LogP contribution in [0.5, 0.6) is 5.75 Å². The van der Waals surface area contributed by atoms with Crippen molar-refractivity contribution in [3.63, 3.8) is 0 Å². The van der Waals surface area contributed by atoms with Crippen molar-refractivity contribution in [1.82, 2.24) is 15.0 Å². The summed E-state index contributed by atoms with van der Waals surface area (Å²) >= 11 is 0. The first-order chi connectivity index (χ1) is 15.8. The molecule has 2 aromatic heterocycles. The SMILES string of the molecule is COc1ccc(-c2cncc(-c3cc(N4CCCCC4)nc(-c4ccccc4)n3)c2)cc1. The molecule has 160 valence electrons. The maximum Gasteiger partial charge on any atom is 0.162 e. The molecule has 1 fully saturated rings. The molecule has 0 spiro atoms. The van der Waals surface area contributed by atoms with E-state index in [1.807, 2.05) is 54.9 Å². The van der Waals surface area contributed by atoms with Gasteiger partial charge in [0.15, 0.2) is 5.82 Å². The maximum absolute atomic E-state index is 5.29. The molecule has 5 nitrogen and oxygen atoms in total. The Balaban J connectivity index is 1.57. The monoisotopic (exact) mass is 422 g/mol. The molecule has 5 heteroatoms. The molecule has 2 aromatic carbocycles. The Hall–Kier alpha value is -3.73. The fourth-order valence-corrected chi connectivity index (χ4v) is 4.10. The number of methoxy groups -OCH3 is 1. The van der Waals surface area contributed by atoms with E-state index in [1.54, 1.807) is 7.11 Å². The van der Waals surface area contributed by atoms with Crippen molar-refractivity contribution in [3.8, 4) is 39.5 Å². The fourth-order valence-electron chi connectivity index (χ4n) is 4.10. The van der Waals surface area contributed by atoms with Crippen molar-refractivity contribution in [2.75, 3.05) is 25.1 Å². The molecular formula is C27H26N4O. The molecule has 4 aromatic rings. The van der Waals surface area contributed by atoms with E-state index < -0.39 is 0 Å². The molecule has 0 radical (unpaired) electrons. The second-order valence-electron chi connectivity index (χ2n) is 8.04. The summed E-state index contributed by atoms with van der Waals surface area (Å²) < 4.78 is 5.29. The van der Waals surface area contributed by atoms with Crippen molar-refractivity contribution in [2.24, 2.45) is 0 Å². The molecule has 0 bridgehead atoms. The van der Waals surface area contributed by atoms with Crippen molar-refractivity contribution >= 4 is 5.82 Å². The number of ether oxygens (including phenoxy) is 1. The molecule has 0 atom stereocenters. The lowest BCUT2D eigenvalue weighted by atomic mass is 10.0. The standard InChI is InChI=1S/C27H26N4O/c1-32-24-12-10-20(11-13-24)22-16-23(19-28-18-22)25-17-26(31-14-6-3-7-15-31)30-27(29-25)21-8-4-2-5-9-21/h2,4-5,8-13,16-19H,3,6-7,14-15H2,1H3. The summed E-state index contributed by atoms with van der Waals surface area (Å²) in [5.41, 5.74) is 5.03. The third kappa shape index (κ3) is 4.33. The quantitative estimate of drug-likeness (QED) is 0.402. The Morgan fingerprint density at radius 2 is 1.47 bits per heavy atom. The Bertz CT molecular complexity index is 1190. The molecule has 32 heavy (non-hydrogen) atoms. The van der Waals surface area contributed by atoms with Gasteiger partial charge < -0.3 is 9.64 Å². The number of pyridine rings is 1. The van der Waals surface area contributed by atoms with Crippen LogP contribution in [0.15, 0.2) is 79.1 Å². The number of rotatable bonds is 5. The minimum atomic E-state index is 0.749. The highest BCUT2D eigenvalue weighted by molar-refractivity contribution is 5.73. The van der Waals surface area contributed by atoms with Crippen LogP contribution in [0.4, 0.5) is 5.82 Å². The topological polar surface area (TPSA) is 51.1 Å². The first-order valence-corrected chi connectivity index (χ1v) is 11.1. The first-order valence-electron chi connectivity index (χ1n) is 11.1. The summed E-state index contributed by atoms with van der Waals surface area (Å²) in [5, 5.41) is 0. The summed E-state index contributed by atoms with van der Waals surface area (Å²) in [6.45, 7) is 2.07. The molecule has 0 saturated carbocycles. The molecule has 0 aliphatic carbocycles. The molecule has 3 heterocycles. The Morgan fingerprint density at radius 1 is 0.719 bits per heavy atom. The molecule has 0 N–H and O–H groups in total. The van der Waals surface area contributed by atoms with Gasteiger partial charge in [-0.3, -0.25) is 4.98 Å². The van der Waals surface area contributed by atoms with Crippen LogP contribution < -0.4 is 9.64 Å². The summed E-state index contributed by atoms with van der Waals surface area (Å²) in [7, 11) is 1.68. The van der Waals surface area contributed by atoms with Crippen LogP contribution in [-0.2, 0) is 0 Å². The molecule has 0 amide bonds. The van der Waals surface area contributed by atoms with Crippen molar-refractivity contribution < 1.29 is 4.74 Å². The average molecular weight is 423 g/mol. The highest BCUT2D eigenvalue weighted by Crippen LogP contribution is 2.30. The number of aromatic nitrogens is 3. The highest BCUT2D eigenvalue weighted by Gasteiger charge is 2.16. The van der Waals surface area contributed by atoms with Crippen LogP contribution in [0.1, 0.15) is 19.3 Å². The van der Waals surface area contributed by atoms with Gasteiger partial charge in [0.05, 0.1) is 12.8 Å². The normalized spacial score (nSPS) is 13.7. The van der Waals surface area contributed by atoms with E-state index in [2.05, 4.69) is 34.1 Å². The predicted octanol–water partition coefficient (Wildman–Crippen LogP) is 5.87. The zero-order valence-electron chi connectivity index (χ0n) is 18.2. The van der Waals surface area contributed by atoms with E-state index >= 15 is 0 Å². The van der Waals surface area contributed by atoms with E-state index in [1.165, 1.54) is 19.3 Å². The summed E-state index contributed by atoms with van der Waals surface area (Å²) in [4.78, 5) is 16.8. The number of anilines is 1. The third-order valence-corrected chi connectivity index (χ3v) is 5.88. The van der Waals surface area contributed by atoms with Crippen molar-refractivity contribution in [2.45, 2.75) is 19.3 Å². The van der Waals surface area contributed by atoms with Crippen LogP contribution >= 0.6 is 0 Å². The van der Waals surface area contributed by atoms with Gasteiger partial charge in [0.25, 0.3) is 0 Å². The van der Waals surface area contributed by atoms with Gasteiger partial charge in [0, 0.05) is 48.2 Å². The van der Waals surface area contributed by atoms with Crippen LogP contribution in [0.2, 0.25) is 0 Å². The molecule has 5 rings (SSSR count). The van der Waals surface area contributed by atoms with Gasteiger partial charge in [-0.15, -0.1) is 0 Å². The van der Waals surface area contributed by atoms with Gasteiger partial charge >= 0.3 is 0 Å². The zero-order valence-corrected chi connectivity index (χ0v) is 18.2. The number of hydrogen-bond acceptors (Lipinski definition) is 5. The average Bonchev–Trinajstić information content (AvgIpc) is 2.89. The minimum absolute atomic E-state index is 0.749. The zero-order chi connectivity index (χ0) is 21.8. The van der Waals surface area contributed by atoms with Crippen LogP contribution in [0, 0.1) is 0 Å². The number of benzene rings is 2. The molecule has 1 aliphatic heterocycles. The highest BCUT2D eigenvalue weighted by atomic mass is 16.5. The number of hydrogen-bond donors (Lipinski definition) is 0. The van der Waals surface area contributed by atoms with Gasteiger partial charge in [-0.05, 0) is 43.0 Å². The molecule has 1 saturated heterocycles. The third-order valence-electron chi connectivity index (χ3n) is 5.88. The van der Waals surface area contributed by atoms with E-state index in [4.69, 9.17) is 14.7 Å². The number of piperidine rings is 1. The smallest absolute Gasteiger partial charge is 0.162 e. The molecule has 1 aliphatic rings. The van der Waals surface area contributed by atoms with Crippen molar-refractivity contribution in [3.05, 3.63) is 79.1 Å². The van der Waals surface area contributed by atoms with Crippen LogP contribution in [0.3, 0.4) is 0 Å². The second kappa shape index (κ2) is 9.18. The van der Waals surface area contributed by atoms with Gasteiger partial charge in [0.1, 0.15) is 11.6 Å². The lowest BCUT2D eigenvalue weighted by Crippen LogP contribution is -2.30. The van der Waals surface area contributed by atoms with Gasteiger partial charge in [-0.1, -0.05) is 42.5 Å². The molecule has 0 unspecified atom stereocenters. The fraction of sp³-hybridized carbons (Fsp3) is 0.222. The first kappa shape index (κ1) is 20.2. The summed E-state index contributed by atoms with van der Waals surface area (Å²) in [6, 6.07) is 22.5.